The molecule has 2 saturated carbocycles. The standard InChI is InChI=1S/C23H30FNO2/c1-15-4-3-10-23(2)13-21-18(12-20(15)23)19(22(26)27-21)14-25-11-9-16-5-7-17(24)8-6-16/h5-8,18-21,25H,1,3-4,9-14H2,2H3/p+1/t18-,19-,20-,21-,23-/m1/s1. The van der Waals surface area contributed by atoms with Crippen LogP contribution in [-0.4, -0.2) is 25.2 Å². The normalized spacial score (nSPS) is 35.5. The molecule has 0 bridgehead atoms. The molecule has 27 heavy (non-hydrogen) atoms. The van der Waals surface area contributed by atoms with Crippen molar-refractivity contribution >= 4 is 5.97 Å². The summed E-state index contributed by atoms with van der Waals surface area (Å²) in [6.45, 7) is 8.42. The van der Waals surface area contributed by atoms with Crippen molar-refractivity contribution in [3.8, 4) is 0 Å². The Morgan fingerprint density at radius 2 is 2.11 bits per heavy atom. The van der Waals surface area contributed by atoms with Crippen molar-refractivity contribution in [2.75, 3.05) is 13.1 Å². The summed E-state index contributed by atoms with van der Waals surface area (Å²) >= 11 is 0. The largest absolute Gasteiger partial charge is 0.462 e. The number of nitrogens with two attached hydrogens (primary N) is 1. The lowest BCUT2D eigenvalue weighted by molar-refractivity contribution is -0.658. The quantitative estimate of drug-likeness (QED) is 0.490. The summed E-state index contributed by atoms with van der Waals surface area (Å²) < 4.78 is 18.8. The number of carbonyl (C=O) groups excluding carboxylic acids is 1. The van der Waals surface area contributed by atoms with Crippen LogP contribution in [0.3, 0.4) is 0 Å². The van der Waals surface area contributed by atoms with Gasteiger partial charge in [0.05, 0.1) is 13.1 Å². The van der Waals surface area contributed by atoms with Gasteiger partial charge in [-0.3, -0.25) is 4.79 Å². The van der Waals surface area contributed by atoms with E-state index < -0.39 is 0 Å². The highest BCUT2D eigenvalue weighted by molar-refractivity contribution is 5.75. The average molecular weight is 373 g/mol. The van der Waals surface area contributed by atoms with Crippen LogP contribution in [-0.2, 0) is 16.0 Å². The van der Waals surface area contributed by atoms with Gasteiger partial charge in [0.15, 0.2) is 0 Å². The van der Waals surface area contributed by atoms with Gasteiger partial charge in [-0.15, -0.1) is 0 Å². The van der Waals surface area contributed by atoms with E-state index >= 15 is 0 Å². The Labute approximate surface area is 161 Å². The lowest BCUT2D eigenvalue weighted by atomic mass is 9.55. The zero-order valence-corrected chi connectivity index (χ0v) is 16.3. The number of halogens is 1. The van der Waals surface area contributed by atoms with Gasteiger partial charge in [-0.1, -0.05) is 31.2 Å². The third-order valence-electron chi connectivity index (χ3n) is 7.29. The molecule has 1 saturated heterocycles. The molecule has 0 unspecified atom stereocenters. The van der Waals surface area contributed by atoms with Crippen LogP contribution in [0.1, 0.15) is 44.6 Å². The molecule has 0 aromatic heterocycles. The summed E-state index contributed by atoms with van der Waals surface area (Å²) in [4.78, 5) is 12.5. The number of carbonyl (C=O) groups is 1. The molecule has 0 amide bonds. The SMILES string of the molecule is C=C1CCC[C@]2(C)C[C@H]3OC(=O)[C@H](C[NH2+]CCc4ccc(F)cc4)[C@H]3C[C@H]12. The number of rotatable bonds is 5. The van der Waals surface area contributed by atoms with Gasteiger partial charge in [0.2, 0.25) is 0 Å². The Morgan fingerprint density at radius 1 is 1.33 bits per heavy atom. The zero-order chi connectivity index (χ0) is 19.0. The highest BCUT2D eigenvalue weighted by Gasteiger charge is 2.55. The number of ether oxygens (including phenoxy) is 1. The summed E-state index contributed by atoms with van der Waals surface area (Å²) in [5.74, 6) is 0.686. The molecule has 1 heterocycles. The van der Waals surface area contributed by atoms with E-state index in [1.165, 1.54) is 30.5 Å². The molecule has 1 aromatic carbocycles. The fourth-order valence-electron chi connectivity index (χ4n) is 5.74. The Kier molecular flexibility index (Phi) is 5.11. The van der Waals surface area contributed by atoms with Crippen molar-refractivity contribution in [3.63, 3.8) is 0 Å². The fraction of sp³-hybridized carbons (Fsp3) is 0.609. The first-order valence-corrected chi connectivity index (χ1v) is 10.4. The first kappa shape index (κ1) is 18.7. The van der Waals surface area contributed by atoms with Crippen LogP contribution in [0.15, 0.2) is 36.4 Å². The first-order chi connectivity index (χ1) is 13.0. The van der Waals surface area contributed by atoms with E-state index in [2.05, 4.69) is 18.8 Å². The molecular weight excluding hydrogens is 341 g/mol. The van der Waals surface area contributed by atoms with Crippen LogP contribution in [0, 0.1) is 29.0 Å². The minimum Gasteiger partial charge on any atom is -0.462 e. The first-order valence-electron chi connectivity index (χ1n) is 10.4. The molecule has 4 rings (SSSR count). The second-order valence-electron chi connectivity index (χ2n) is 9.09. The van der Waals surface area contributed by atoms with Gasteiger partial charge in [-0.05, 0) is 61.1 Å². The van der Waals surface area contributed by atoms with E-state index in [0.717, 1.165) is 44.3 Å². The van der Waals surface area contributed by atoms with Gasteiger partial charge in [-0.25, -0.2) is 4.39 Å². The van der Waals surface area contributed by atoms with Crippen molar-refractivity contribution in [2.24, 2.45) is 23.2 Å². The van der Waals surface area contributed by atoms with Crippen LogP contribution in [0.25, 0.3) is 0 Å². The van der Waals surface area contributed by atoms with Crippen LogP contribution in [0.5, 0.6) is 0 Å². The van der Waals surface area contributed by atoms with Gasteiger partial charge >= 0.3 is 5.97 Å². The minimum absolute atomic E-state index is 0.00231. The molecule has 4 heteroatoms. The number of hydrogen-bond donors (Lipinski definition) is 1. The maximum atomic E-state index is 13.0. The van der Waals surface area contributed by atoms with Crippen molar-refractivity contribution in [3.05, 3.63) is 47.8 Å². The van der Waals surface area contributed by atoms with Crippen molar-refractivity contribution in [2.45, 2.75) is 51.6 Å². The van der Waals surface area contributed by atoms with Crippen molar-refractivity contribution < 1.29 is 19.2 Å². The Balaban J connectivity index is 1.34. The maximum absolute atomic E-state index is 13.0. The number of quaternary nitrogens is 1. The molecule has 1 aliphatic heterocycles. The Hall–Kier alpha value is -1.68. The monoisotopic (exact) mass is 372 g/mol. The predicted molar refractivity (Wildman–Crippen MR) is 102 cm³/mol. The van der Waals surface area contributed by atoms with Gasteiger partial charge in [0.1, 0.15) is 17.8 Å². The predicted octanol–water partition coefficient (Wildman–Crippen LogP) is 3.25. The number of esters is 1. The highest BCUT2D eigenvalue weighted by atomic mass is 19.1. The molecule has 3 aliphatic rings. The van der Waals surface area contributed by atoms with Gasteiger partial charge < -0.3 is 10.1 Å². The second kappa shape index (κ2) is 7.38. The van der Waals surface area contributed by atoms with E-state index in [9.17, 15) is 9.18 Å². The molecule has 3 fully saturated rings. The second-order valence-corrected chi connectivity index (χ2v) is 9.09. The summed E-state index contributed by atoms with van der Waals surface area (Å²) in [7, 11) is 0. The molecule has 3 nitrogen and oxygen atoms in total. The molecule has 0 spiro atoms. The Bertz CT molecular complexity index is 716. The molecular formula is C23H31FNO2+. The lowest BCUT2D eigenvalue weighted by Crippen LogP contribution is -2.86. The molecule has 0 radical (unpaired) electrons. The summed E-state index contributed by atoms with van der Waals surface area (Å²) in [6.07, 6.45) is 6.62. The minimum atomic E-state index is -0.198. The van der Waals surface area contributed by atoms with Crippen LogP contribution >= 0.6 is 0 Å². The smallest absolute Gasteiger partial charge is 0.315 e. The van der Waals surface area contributed by atoms with Gasteiger partial charge in [0.25, 0.3) is 0 Å². The van der Waals surface area contributed by atoms with E-state index in [1.54, 1.807) is 0 Å². The summed E-state index contributed by atoms with van der Waals surface area (Å²) in [5, 5.41) is 2.22. The maximum Gasteiger partial charge on any atom is 0.315 e. The highest BCUT2D eigenvalue weighted by Crippen LogP contribution is 2.56. The van der Waals surface area contributed by atoms with E-state index in [4.69, 9.17) is 4.74 Å². The van der Waals surface area contributed by atoms with Crippen molar-refractivity contribution in [1.29, 1.82) is 0 Å². The van der Waals surface area contributed by atoms with E-state index in [1.807, 2.05) is 12.1 Å². The lowest BCUT2D eigenvalue weighted by Gasteiger charge is -2.49. The van der Waals surface area contributed by atoms with Crippen molar-refractivity contribution in [1.82, 2.24) is 0 Å². The van der Waals surface area contributed by atoms with E-state index in [-0.39, 0.29) is 29.2 Å². The van der Waals surface area contributed by atoms with E-state index in [0.29, 0.717) is 11.8 Å². The average Bonchev–Trinajstić information content (AvgIpc) is 2.92. The van der Waals surface area contributed by atoms with Crippen LogP contribution in [0.2, 0.25) is 0 Å². The number of hydrogen-bond acceptors (Lipinski definition) is 2. The summed E-state index contributed by atoms with van der Waals surface area (Å²) in [5.41, 5.74) is 2.78. The Morgan fingerprint density at radius 3 is 2.89 bits per heavy atom. The third-order valence-corrected chi connectivity index (χ3v) is 7.29. The van der Waals surface area contributed by atoms with Crippen LogP contribution in [0.4, 0.5) is 4.39 Å². The molecule has 5 atom stereocenters. The van der Waals surface area contributed by atoms with Gasteiger partial charge in [0, 0.05) is 12.3 Å². The third kappa shape index (κ3) is 3.69. The van der Waals surface area contributed by atoms with Gasteiger partial charge in [-0.2, -0.15) is 0 Å². The topological polar surface area (TPSA) is 42.9 Å². The molecule has 146 valence electrons. The zero-order valence-electron chi connectivity index (χ0n) is 16.3. The number of benzene rings is 1. The molecule has 2 aliphatic carbocycles. The van der Waals surface area contributed by atoms with Crippen LogP contribution < -0.4 is 5.32 Å². The molecule has 2 N–H and O–H groups in total. The number of fused-ring (bicyclic) bond motifs is 2. The fourth-order valence-corrected chi connectivity index (χ4v) is 5.74. The summed E-state index contributed by atoms with van der Waals surface area (Å²) in [6, 6.07) is 6.67. The number of allylic oxidation sites excluding steroid dienone is 1. The molecule has 1 aromatic rings.